The van der Waals surface area contributed by atoms with Gasteiger partial charge in [-0.05, 0) is 74.2 Å². The molecule has 6 rings (SSSR count). The summed E-state index contributed by atoms with van der Waals surface area (Å²) in [5, 5.41) is 11.0. The number of carbonyl (C=O) groups is 2. The first-order valence-corrected chi connectivity index (χ1v) is 15.6. The molecule has 2 aliphatic heterocycles. The van der Waals surface area contributed by atoms with Gasteiger partial charge in [0.05, 0.1) is 18.7 Å². The van der Waals surface area contributed by atoms with E-state index in [-0.39, 0.29) is 23.4 Å². The number of ketones is 2. The van der Waals surface area contributed by atoms with E-state index < -0.39 is 0 Å². The number of nitrogens with zero attached hydrogens (tertiary/aromatic N) is 2. The number of likely N-dealkylation sites (tertiary alicyclic amines) is 1. The number of rotatable bonds is 10. The number of fused-ring (bicyclic) bond motifs is 1. The Bertz CT molecular complexity index is 1670. The Morgan fingerprint density at radius 1 is 1.07 bits per heavy atom. The van der Waals surface area contributed by atoms with E-state index in [2.05, 4.69) is 40.0 Å². The number of ether oxygens (including phenoxy) is 1. The highest BCUT2D eigenvalue weighted by Gasteiger charge is 2.28. The van der Waals surface area contributed by atoms with Gasteiger partial charge in [-0.2, -0.15) is 0 Å². The number of hydrogen-bond donors (Lipinski definition) is 1. The van der Waals surface area contributed by atoms with Gasteiger partial charge in [0.15, 0.2) is 12.3 Å². The first kappa shape index (κ1) is 28.3. The minimum atomic E-state index is -0.0621. The van der Waals surface area contributed by atoms with Gasteiger partial charge in [0, 0.05) is 45.5 Å². The van der Waals surface area contributed by atoms with E-state index in [0.717, 1.165) is 78.0 Å². The fraction of sp³-hybridized carbons (Fsp3) is 0.343. The van der Waals surface area contributed by atoms with E-state index in [4.69, 9.17) is 4.74 Å². The molecule has 2 aliphatic rings. The molecule has 1 atom stereocenters. The summed E-state index contributed by atoms with van der Waals surface area (Å²) in [6, 6.07) is 19.4. The van der Waals surface area contributed by atoms with Crippen LogP contribution in [-0.4, -0.2) is 65.1 Å². The lowest BCUT2D eigenvalue weighted by atomic mass is 9.96. The molecule has 1 fully saturated rings. The Labute approximate surface area is 250 Å². The van der Waals surface area contributed by atoms with Gasteiger partial charge in [-0.25, -0.2) is 4.58 Å². The lowest BCUT2D eigenvalue weighted by Gasteiger charge is -2.22. The molecule has 1 aromatic heterocycles. The Morgan fingerprint density at radius 2 is 1.90 bits per heavy atom. The number of phenols is 1. The molecular formula is C35H37N2O4S+. The third kappa shape index (κ3) is 5.76. The number of carbonyl (C=O) groups excluding carboxylic acids is 2. The molecule has 0 bridgehead atoms. The van der Waals surface area contributed by atoms with E-state index in [1.807, 2.05) is 24.3 Å². The molecule has 0 saturated carbocycles. The van der Waals surface area contributed by atoms with E-state index in [0.29, 0.717) is 16.9 Å². The van der Waals surface area contributed by atoms with Crippen molar-refractivity contribution in [2.45, 2.75) is 51.6 Å². The van der Waals surface area contributed by atoms with Crippen LogP contribution < -0.4 is 4.74 Å². The molecule has 6 nitrogen and oxygen atoms in total. The lowest BCUT2D eigenvalue weighted by molar-refractivity contribution is -0.532. The monoisotopic (exact) mass is 581 g/mol. The number of benzene rings is 3. The van der Waals surface area contributed by atoms with Gasteiger partial charge in [-0.3, -0.25) is 14.5 Å². The second-order valence-electron chi connectivity index (χ2n) is 11.4. The van der Waals surface area contributed by atoms with Gasteiger partial charge in [0.2, 0.25) is 0 Å². The van der Waals surface area contributed by atoms with Crippen molar-refractivity contribution in [3.63, 3.8) is 0 Å². The Hall–Kier alpha value is -3.81. The van der Waals surface area contributed by atoms with Crippen molar-refractivity contribution in [1.82, 2.24) is 4.90 Å². The summed E-state index contributed by atoms with van der Waals surface area (Å²) in [5.74, 6) is 1.09. The number of hydrogen-bond acceptors (Lipinski definition) is 6. The third-order valence-electron chi connectivity index (χ3n) is 8.60. The summed E-state index contributed by atoms with van der Waals surface area (Å²) in [5.41, 5.74) is 4.46. The normalized spacial score (nSPS) is 17.1. The van der Waals surface area contributed by atoms with Gasteiger partial charge in [0.25, 0.3) is 0 Å². The Balaban J connectivity index is 1.30. The van der Waals surface area contributed by atoms with Crippen molar-refractivity contribution >= 4 is 39.2 Å². The van der Waals surface area contributed by atoms with Crippen molar-refractivity contribution in [2.75, 3.05) is 26.7 Å². The van der Waals surface area contributed by atoms with Crippen LogP contribution in [0.1, 0.15) is 59.7 Å². The zero-order valence-electron chi connectivity index (χ0n) is 24.3. The predicted octanol–water partition coefficient (Wildman–Crippen LogP) is 6.49. The van der Waals surface area contributed by atoms with Crippen LogP contribution in [0.4, 0.5) is 0 Å². The smallest absolute Gasteiger partial charge is 0.195 e. The second kappa shape index (κ2) is 12.2. The van der Waals surface area contributed by atoms with E-state index in [1.165, 1.54) is 23.3 Å². The summed E-state index contributed by atoms with van der Waals surface area (Å²) in [4.78, 5) is 29.3. The van der Waals surface area contributed by atoms with Crippen LogP contribution >= 0.6 is 11.3 Å². The number of phenolic OH excluding ortho intramolecular Hbond substituents is 1. The number of thiophene rings is 1. The highest BCUT2D eigenvalue weighted by atomic mass is 32.1. The highest BCUT2D eigenvalue weighted by Crippen LogP contribution is 2.41. The lowest BCUT2D eigenvalue weighted by Crippen LogP contribution is -2.36. The summed E-state index contributed by atoms with van der Waals surface area (Å²) in [6.45, 7) is 5.34. The van der Waals surface area contributed by atoms with Crippen molar-refractivity contribution in [3.05, 3.63) is 82.9 Å². The van der Waals surface area contributed by atoms with E-state index >= 15 is 0 Å². The average molecular weight is 582 g/mol. The molecule has 4 aromatic rings. The standard InChI is InChI=1S/C35H36N2O4S/c1-23(38)30-6-5-18-37(30)19-15-24-7-9-25(10-8-24)35-33(29-14-13-28(39)21-32(29)42-35)34(40)26-11-12-27(31(20-26)41-2)22-36-16-3-4-17-36/h7-14,16,20-21,30H,3-6,15,17-19,22H2,1-2H3/p+1/t30-/m0/s1. The minimum absolute atomic E-state index is 0.0547. The number of Topliss-reactive ketones (excluding diaryl/α,β-unsaturated/α-hetero) is 1. The van der Waals surface area contributed by atoms with Gasteiger partial charge in [-0.15, -0.1) is 11.3 Å². The van der Waals surface area contributed by atoms with Crippen LogP contribution in [0.2, 0.25) is 0 Å². The zero-order valence-corrected chi connectivity index (χ0v) is 25.1. The summed E-state index contributed by atoms with van der Waals surface area (Å²) in [6.07, 6.45) is 7.41. The summed E-state index contributed by atoms with van der Waals surface area (Å²) >= 11 is 1.52. The van der Waals surface area contributed by atoms with Gasteiger partial charge >= 0.3 is 0 Å². The molecule has 0 radical (unpaired) electrons. The first-order valence-electron chi connectivity index (χ1n) is 14.8. The van der Waals surface area contributed by atoms with E-state index in [1.54, 1.807) is 26.2 Å². The molecule has 216 valence electrons. The Morgan fingerprint density at radius 3 is 2.64 bits per heavy atom. The molecule has 7 heteroatoms. The summed E-state index contributed by atoms with van der Waals surface area (Å²) < 4.78 is 8.90. The van der Waals surface area contributed by atoms with Crippen molar-refractivity contribution in [2.24, 2.45) is 0 Å². The maximum absolute atomic E-state index is 14.2. The molecule has 0 unspecified atom stereocenters. The maximum Gasteiger partial charge on any atom is 0.195 e. The van der Waals surface area contributed by atoms with Gasteiger partial charge in [-0.1, -0.05) is 30.3 Å². The minimum Gasteiger partial charge on any atom is -0.508 e. The van der Waals surface area contributed by atoms with Crippen LogP contribution in [0, 0.1) is 0 Å². The fourth-order valence-corrected chi connectivity index (χ4v) is 7.58. The molecular weight excluding hydrogens is 544 g/mol. The van der Waals surface area contributed by atoms with Crippen molar-refractivity contribution < 1.29 is 24.0 Å². The molecule has 0 amide bonds. The van der Waals surface area contributed by atoms with Crippen LogP contribution in [0.15, 0.2) is 60.7 Å². The van der Waals surface area contributed by atoms with Crippen molar-refractivity contribution in [1.29, 1.82) is 0 Å². The molecule has 42 heavy (non-hydrogen) atoms. The molecule has 0 spiro atoms. The number of aromatic hydroxyl groups is 1. The predicted molar refractivity (Wildman–Crippen MR) is 168 cm³/mol. The van der Waals surface area contributed by atoms with E-state index in [9.17, 15) is 14.7 Å². The fourth-order valence-electron chi connectivity index (χ4n) is 6.35. The van der Waals surface area contributed by atoms with Gasteiger partial charge < -0.3 is 9.84 Å². The SMILES string of the molecule is COc1cc(C(=O)c2c(-c3ccc(CCN4CCC[C@H]4C(C)=O)cc3)sc3cc(O)ccc23)ccc1C[N+]1=CCCC1. The topological polar surface area (TPSA) is 69.9 Å². The zero-order chi connectivity index (χ0) is 29.2. The highest BCUT2D eigenvalue weighted by molar-refractivity contribution is 7.22. The Kier molecular flexibility index (Phi) is 8.22. The van der Waals surface area contributed by atoms with Crippen LogP contribution in [0.5, 0.6) is 11.5 Å². The average Bonchev–Trinajstić information content (AvgIpc) is 3.76. The maximum atomic E-state index is 14.2. The third-order valence-corrected chi connectivity index (χ3v) is 9.80. The molecule has 3 aromatic carbocycles. The molecule has 1 N–H and O–H groups in total. The summed E-state index contributed by atoms with van der Waals surface area (Å²) in [7, 11) is 1.65. The van der Waals surface area contributed by atoms with Crippen LogP contribution in [-0.2, 0) is 17.8 Å². The van der Waals surface area contributed by atoms with Crippen molar-refractivity contribution in [3.8, 4) is 21.9 Å². The first-order chi connectivity index (χ1) is 20.4. The molecule has 0 aliphatic carbocycles. The molecule has 3 heterocycles. The molecule has 1 saturated heterocycles. The second-order valence-corrected chi connectivity index (χ2v) is 12.4. The van der Waals surface area contributed by atoms with Crippen LogP contribution in [0.25, 0.3) is 20.5 Å². The largest absolute Gasteiger partial charge is 0.508 e. The van der Waals surface area contributed by atoms with Crippen LogP contribution in [0.3, 0.4) is 0 Å². The van der Waals surface area contributed by atoms with Gasteiger partial charge in [0.1, 0.15) is 30.0 Å². The number of methoxy groups -OCH3 is 1. The quantitative estimate of drug-likeness (QED) is 0.171.